The van der Waals surface area contributed by atoms with E-state index in [-0.39, 0.29) is 26.6 Å². The fourth-order valence-electron chi connectivity index (χ4n) is 5.99. The molecule has 0 aromatic carbocycles. The van der Waals surface area contributed by atoms with Crippen molar-refractivity contribution in [2.45, 2.75) is 245 Å². The van der Waals surface area contributed by atoms with Crippen molar-refractivity contribution in [3.05, 3.63) is 0 Å². The van der Waals surface area contributed by atoms with Crippen LogP contribution in [-0.4, -0.2) is 10.1 Å². The molecular formula is C40H78NiO2S2. The molecule has 0 amide bonds. The van der Waals surface area contributed by atoms with Crippen molar-refractivity contribution in [1.29, 1.82) is 0 Å². The van der Waals surface area contributed by atoms with E-state index in [1.54, 1.807) is 0 Å². The first kappa shape index (κ1) is 49.7. The number of unbranched alkanes of at least 4 members (excludes halogenated alkanes) is 32. The van der Waals surface area contributed by atoms with Crippen LogP contribution >= 0.6 is 24.4 Å². The first-order chi connectivity index (χ1) is 21.5. The van der Waals surface area contributed by atoms with Gasteiger partial charge < -0.3 is 10.2 Å². The van der Waals surface area contributed by atoms with Gasteiger partial charge in [-0.3, -0.25) is 0 Å². The summed E-state index contributed by atoms with van der Waals surface area (Å²) in [5.41, 5.74) is 0. The van der Waals surface area contributed by atoms with Gasteiger partial charge in [0.05, 0.1) is 0 Å². The zero-order valence-electron chi connectivity index (χ0n) is 30.4. The summed E-state index contributed by atoms with van der Waals surface area (Å²) in [4.78, 5) is 0. The Bertz CT molecular complexity index is 510. The third kappa shape index (κ3) is 54.0. The number of hydrogen-bond donors (Lipinski definition) is 0. The molecule has 2 nitrogen and oxygen atoms in total. The molecule has 0 saturated carbocycles. The van der Waals surface area contributed by atoms with Crippen LogP contribution in [0.25, 0.3) is 0 Å². The Morgan fingerprint density at radius 1 is 0.289 bits per heavy atom. The second-order valence-electron chi connectivity index (χ2n) is 13.6. The fourth-order valence-corrected chi connectivity index (χ4v) is 6.28. The van der Waals surface area contributed by atoms with Crippen LogP contribution in [0.15, 0.2) is 0 Å². The summed E-state index contributed by atoms with van der Waals surface area (Å²) in [6.07, 6.45) is 47.9. The molecule has 0 aliphatic heterocycles. The second kappa shape index (κ2) is 46.4. The van der Waals surface area contributed by atoms with E-state index in [1.807, 2.05) is 0 Å². The van der Waals surface area contributed by atoms with Gasteiger partial charge in [0.25, 0.3) is 0 Å². The summed E-state index contributed by atoms with van der Waals surface area (Å²) < 4.78 is 0. The van der Waals surface area contributed by atoms with E-state index < -0.39 is 0 Å². The minimum atomic E-state index is -0.0686. The van der Waals surface area contributed by atoms with E-state index in [4.69, 9.17) is 0 Å². The molecule has 45 heavy (non-hydrogen) atoms. The van der Waals surface area contributed by atoms with Crippen LogP contribution in [0.2, 0.25) is 0 Å². The van der Waals surface area contributed by atoms with Gasteiger partial charge in [0.1, 0.15) is 0 Å². The van der Waals surface area contributed by atoms with Crippen LogP contribution < -0.4 is 10.2 Å². The summed E-state index contributed by atoms with van der Waals surface area (Å²) in [7, 11) is 0. The molecule has 0 unspecified atom stereocenters. The molecule has 0 fully saturated rings. The second-order valence-corrected chi connectivity index (χ2v) is 14.5. The SMILES string of the molecule is CCCCCCCCCCCCCCCCCCCC([O-])=S.CCCCCCCCCCCCCCCCCCCC([O-])=S.[Ni+2]. The number of thiocarbonyl (C=S) groups is 2. The normalized spacial score (nSPS) is 10.7. The van der Waals surface area contributed by atoms with Crippen LogP contribution in [0.4, 0.5) is 0 Å². The van der Waals surface area contributed by atoms with Crippen LogP contribution in [-0.2, 0) is 16.5 Å². The average Bonchev–Trinajstić information content (AvgIpc) is 3.00. The molecule has 0 rings (SSSR count). The van der Waals surface area contributed by atoms with Crippen LogP contribution in [0.3, 0.4) is 0 Å². The van der Waals surface area contributed by atoms with Gasteiger partial charge in [-0.2, -0.15) is 0 Å². The molecular weight excluding hydrogens is 635 g/mol. The first-order valence-electron chi connectivity index (χ1n) is 19.9. The van der Waals surface area contributed by atoms with Gasteiger partial charge in [-0.25, -0.2) is 0 Å². The van der Waals surface area contributed by atoms with Gasteiger partial charge >= 0.3 is 16.5 Å². The molecule has 272 valence electrons. The zero-order chi connectivity index (χ0) is 32.6. The van der Waals surface area contributed by atoms with Gasteiger partial charge in [-0.1, -0.05) is 229 Å². The average molecular weight is 714 g/mol. The van der Waals surface area contributed by atoms with E-state index in [1.165, 1.54) is 205 Å². The largest absolute Gasteiger partial charge is 2.00 e. The van der Waals surface area contributed by atoms with Gasteiger partial charge in [0.15, 0.2) is 0 Å². The number of hydrogen-bond acceptors (Lipinski definition) is 4. The van der Waals surface area contributed by atoms with Gasteiger partial charge in [0.2, 0.25) is 0 Å². The molecule has 0 aromatic heterocycles. The third-order valence-electron chi connectivity index (χ3n) is 8.97. The number of rotatable bonds is 36. The van der Waals surface area contributed by atoms with Crippen molar-refractivity contribution in [2.75, 3.05) is 0 Å². The molecule has 0 radical (unpaired) electrons. The van der Waals surface area contributed by atoms with Crippen molar-refractivity contribution < 1.29 is 26.7 Å². The molecule has 0 heterocycles. The predicted molar refractivity (Wildman–Crippen MR) is 203 cm³/mol. The van der Waals surface area contributed by atoms with Crippen molar-refractivity contribution in [3.8, 4) is 0 Å². The Hall–Kier alpha value is 0.274. The Morgan fingerprint density at radius 3 is 0.556 bits per heavy atom. The minimum absolute atomic E-state index is 0. The van der Waals surface area contributed by atoms with E-state index in [0.717, 1.165) is 12.8 Å². The maximum Gasteiger partial charge on any atom is 2.00 e. The molecule has 0 atom stereocenters. The van der Waals surface area contributed by atoms with Crippen molar-refractivity contribution >= 4 is 34.5 Å². The van der Waals surface area contributed by atoms with Gasteiger partial charge in [-0.05, 0) is 25.7 Å². The maximum absolute atomic E-state index is 10.6. The van der Waals surface area contributed by atoms with E-state index in [0.29, 0.717) is 12.8 Å². The van der Waals surface area contributed by atoms with Crippen molar-refractivity contribution in [2.24, 2.45) is 0 Å². The van der Waals surface area contributed by atoms with Crippen LogP contribution in [0.1, 0.15) is 245 Å². The monoisotopic (exact) mass is 712 g/mol. The Kier molecular flexibility index (Phi) is 51.2. The van der Waals surface area contributed by atoms with Crippen molar-refractivity contribution in [1.82, 2.24) is 0 Å². The zero-order valence-corrected chi connectivity index (χ0v) is 33.0. The molecule has 0 saturated heterocycles. The van der Waals surface area contributed by atoms with Crippen LogP contribution in [0.5, 0.6) is 0 Å². The van der Waals surface area contributed by atoms with Crippen LogP contribution in [0, 0.1) is 0 Å². The topological polar surface area (TPSA) is 46.1 Å². The molecule has 0 aromatic rings. The van der Waals surface area contributed by atoms with E-state index in [9.17, 15) is 10.2 Å². The maximum atomic E-state index is 10.6. The Balaban J connectivity index is -0.000000767. The molecule has 5 heteroatoms. The quantitative estimate of drug-likeness (QED) is 0.0368. The molecule has 0 bridgehead atoms. The van der Waals surface area contributed by atoms with Gasteiger partial charge in [0, 0.05) is 0 Å². The Morgan fingerprint density at radius 2 is 0.422 bits per heavy atom. The molecule has 0 N–H and O–H groups in total. The van der Waals surface area contributed by atoms with Crippen molar-refractivity contribution in [3.63, 3.8) is 0 Å². The minimum Gasteiger partial charge on any atom is -0.867 e. The Labute approximate surface area is 304 Å². The molecule has 0 aliphatic rings. The standard InChI is InChI=1S/2C20H40OS.Ni/c2*1-2-3-4-5-6-7-8-9-10-11-12-13-14-15-16-17-18-19-20(21)22;/h2*2-19H2,1H3,(H,21,22);/q;;+2/p-2. The summed E-state index contributed by atoms with van der Waals surface area (Å²) in [6.45, 7) is 4.57. The van der Waals surface area contributed by atoms with E-state index in [2.05, 4.69) is 38.3 Å². The van der Waals surface area contributed by atoms with Gasteiger partial charge in [-0.15, -0.1) is 24.4 Å². The summed E-state index contributed by atoms with van der Waals surface area (Å²) in [6, 6.07) is 0. The summed E-state index contributed by atoms with van der Waals surface area (Å²) >= 11 is 9.10. The summed E-state index contributed by atoms with van der Waals surface area (Å²) in [5.74, 6) is 0. The third-order valence-corrected chi connectivity index (χ3v) is 9.38. The molecule has 0 aliphatic carbocycles. The first-order valence-corrected chi connectivity index (χ1v) is 20.8. The smallest absolute Gasteiger partial charge is 0.867 e. The fraction of sp³-hybridized carbons (Fsp3) is 0.950. The molecule has 0 spiro atoms. The predicted octanol–water partition coefficient (Wildman–Crippen LogP) is 13.4. The summed E-state index contributed by atoms with van der Waals surface area (Å²) in [5, 5.41) is 21.1. The van der Waals surface area contributed by atoms with E-state index >= 15 is 0 Å².